The summed E-state index contributed by atoms with van der Waals surface area (Å²) in [5.74, 6) is 0.794. The number of guanidine groups is 1. The summed E-state index contributed by atoms with van der Waals surface area (Å²) < 4.78 is 5.27. The lowest BCUT2D eigenvalue weighted by molar-refractivity contribution is 0.152. The van der Waals surface area contributed by atoms with Gasteiger partial charge in [-0.05, 0) is 26.0 Å². The zero-order valence-corrected chi connectivity index (χ0v) is 13.9. The molecule has 1 heterocycles. The molecule has 108 valence electrons. The van der Waals surface area contributed by atoms with E-state index < -0.39 is 0 Å². The molecule has 0 bridgehead atoms. The van der Waals surface area contributed by atoms with Gasteiger partial charge in [0.1, 0.15) is 0 Å². The molecule has 0 fully saturated rings. The fourth-order valence-electron chi connectivity index (χ4n) is 1.38. The Balaban J connectivity index is 0.00000324. The summed E-state index contributed by atoms with van der Waals surface area (Å²) in [6.45, 7) is 7.62. The zero-order chi connectivity index (χ0) is 13.1. The number of nitrogens with one attached hydrogen (secondary N) is 2. The summed E-state index contributed by atoms with van der Waals surface area (Å²) in [6.07, 6.45) is 1.78. The van der Waals surface area contributed by atoms with Crippen molar-refractivity contribution in [2.75, 3.05) is 26.3 Å². The van der Waals surface area contributed by atoms with E-state index in [4.69, 9.17) is 4.74 Å². The molecule has 0 saturated heterocycles. The minimum atomic E-state index is 0. The summed E-state index contributed by atoms with van der Waals surface area (Å²) >= 11 is 0. The Morgan fingerprint density at radius 2 is 2.16 bits per heavy atom. The van der Waals surface area contributed by atoms with Crippen molar-refractivity contribution in [1.82, 2.24) is 15.6 Å². The lowest BCUT2D eigenvalue weighted by Gasteiger charge is -2.10. The smallest absolute Gasteiger partial charge is 0.191 e. The summed E-state index contributed by atoms with van der Waals surface area (Å²) in [7, 11) is 0. The van der Waals surface area contributed by atoms with Crippen molar-refractivity contribution in [2.45, 2.75) is 20.4 Å². The van der Waals surface area contributed by atoms with E-state index >= 15 is 0 Å². The highest BCUT2D eigenvalue weighted by Gasteiger charge is 1.97. The Morgan fingerprint density at radius 1 is 1.32 bits per heavy atom. The van der Waals surface area contributed by atoms with Gasteiger partial charge in [0.2, 0.25) is 0 Å². The molecule has 0 unspecified atom stereocenters. The van der Waals surface area contributed by atoms with Crippen LogP contribution in [0.25, 0.3) is 0 Å². The van der Waals surface area contributed by atoms with Crippen LogP contribution >= 0.6 is 24.0 Å². The second kappa shape index (κ2) is 12.2. The first-order valence-electron chi connectivity index (χ1n) is 6.36. The minimum Gasteiger partial charge on any atom is -0.380 e. The Hall–Kier alpha value is -0.890. The number of pyridine rings is 1. The molecule has 0 aliphatic carbocycles. The Kier molecular flexibility index (Phi) is 11.6. The van der Waals surface area contributed by atoms with Crippen LogP contribution in [0.3, 0.4) is 0 Å². The standard InChI is InChI=1S/C13H22N4O.HI/c1-3-14-13(16-9-10-18-4-2)17-11-12-7-5-6-8-15-12;/h5-8H,3-4,9-11H2,1-2H3,(H2,14,16,17);1H. The van der Waals surface area contributed by atoms with Crippen molar-refractivity contribution >= 4 is 29.9 Å². The van der Waals surface area contributed by atoms with Gasteiger partial charge in [-0.15, -0.1) is 24.0 Å². The summed E-state index contributed by atoms with van der Waals surface area (Å²) in [6, 6.07) is 5.83. The molecule has 0 radical (unpaired) electrons. The Morgan fingerprint density at radius 3 is 2.79 bits per heavy atom. The quantitative estimate of drug-likeness (QED) is 0.329. The van der Waals surface area contributed by atoms with E-state index in [0.29, 0.717) is 13.2 Å². The van der Waals surface area contributed by atoms with Crippen molar-refractivity contribution < 1.29 is 4.74 Å². The zero-order valence-electron chi connectivity index (χ0n) is 11.6. The Labute approximate surface area is 132 Å². The number of ether oxygens (including phenoxy) is 1. The number of rotatable bonds is 7. The predicted octanol–water partition coefficient (Wildman–Crippen LogP) is 1.79. The van der Waals surface area contributed by atoms with Crippen LogP contribution in [-0.4, -0.2) is 37.2 Å². The van der Waals surface area contributed by atoms with Gasteiger partial charge >= 0.3 is 0 Å². The largest absolute Gasteiger partial charge is 0.380 e. The monoisotopic (exact) mass is 378 g/mol. The normalized spacial score (nSPS) is 10.7. The molecule has 1 aromatic heterocycles. The number of aromatic nitrogens is 1. The lowest BCUT2D eigenvalue weighted by atomic mass is 10.3. The molecular weight excluding hydrogens is 355 g/mol. The van der Waals surface area contributed by atoms with Crippen molar-refractivity contribution in [1.29, 1.82) is 0 Å². The van der Waals surface area contributed by atoms with Crippen LogP contribution < -0.4 is 10.6 Å². The van der Waals surface area contributed by atoms with Crippen LogP contribution in [0.4, 0.5) is 0 Å². The average Bonchev–Trinajstić information content (AvgIpc) is 2.42. The molecule has 2 N–H and O–H groups in total. The van der Waals surface area contributed by atoms with Gasteiger partial charge in [-0.3, -0.25) is 4.98 Å². The fourth-order valence-corrected chi connectivity index (χ4v) is 1.38. The molecule has 0 amide bonds. The van der Waals surface area contributed by atoms with Crippen LogP contribution in [0.1, 0.15) is 19.5 Å². The van der Waals surface area contributed by atoms with Crippen LogP contribution in [-0.2, 0) is 11.3 Å². The van der Waals surface area contributed by atoms with E-state index in [2.05, 4.69) is 20.6 Å². The van der Waals surface area contributed by atoms with Crippen molar-refractivity contribution in [3.05, 3.63) is 30.1 Å². The molecule has 0 atom stereocenters. The first-order chi connectivity index (χ1) is 8.86. The maximum Gasteiger partial charge on any atom is 0.191 e. The molecule has 0 aliphatic rings. The van der Waals surface area contributed by atoms with Crippen LogP contribution in [0.2, 0.25) is 0 Å². The highest BCUT2D eigenvalue weighted by atomic mass is 127. The third-order valence-corrected chi connectivity index (χ3v) is 2.21. The van der Waals surface area contributed by atoms with Gasteiger partial charge in [-0.2, -0.15) is 0 Å². The molecule has 5 nitrogen and oxygen atoms in total. The molecule has 0 saturated carbocycles. The molecular formula is C13H23IN4O. The van der Waals surface area contributed by atoms with Crippen molar-refractivity contribution in [2.24, 2.45) is 4.99 Å². The van der Waals surface area contributed by atoms with E-state index in [-0.39, 0.29) is 24.0 Å². The second-order valence-electron chi connectivity index (χ2n) is 3.64. The number of nitrogens with zero attached hydrogens (tertiary/aromatic N) is 2. The SMILES string of the molecule is CCNC(=NCc1ccccn1)NCCOCC.I. The van der Waals surface area contributed by atoms with Crippen LogP contribution in [0, 0.1) is 0 Å². The van der Waals surface area contributed by atoms with Gasteiger partial charge in [0.15, 0.2) is 5.96 Å². The molecule has 0 aromatic carbocycles. The number of hydrogen-bond acceptors (Lipinski definition) is 3. The maximum atomic E-state index is 5.27. The predicted molar refractivity (Wildman–Crippen MR) is 89.0 cm³/mol. The fraction of sp³-hybridized carbons (Fsp3) is 0.538. The van der Waals surface area contributed by atoms with Gasteiger partial charge in [-0.1, -0.05) is 6.07 Å². The van der Waals surface area contributed by atoms with E-state index in [1.807, 2.05) is 32.0 Å². The van der Waals surface area contributed by atoms with Gasteiger partial charge in [0, 0.05) is 25.9 Å². The number of halogens is 1. The molecule has 0 spiro atoms. The first kappa shape index (κ1) is 18.1. The van der Waals surface area contributed by atoms with Gasteiger partial charge in [0.05, 0.1) is 18.8 Å². The van der Waals surface area contributed by atoms with Crippen molar-refractivity contribution in [3.63, 3.8) is 0 Å². The molecule has 1 aromatic rings. The number of hydrogen-bond donors (Lipinski definition) is 2. The maximum absolute atomic E-state index is 5.27. The molecule has 6 heteroatoms. The summed E-state index contributed by atoms with van der Waals surface area (Å²) in [4.78, 5) is 8.69. The average molecular weight is 378 g/mol. The van der Waals surface area contributed by atoms with E-state index in [1.54, 1.807) is 6.20 Å². The van der Waals surface area contributed by atoms with Gasteiger partial charge < -0.3 is 15.4 Å². The van der Waals surface area contributed by atoms with E-state index in [0.717, 1.165) is 31.3 Å². The number of aliphatic imine (C=N–C) groups is 1. The highest BCUT2D eigenvalue weighted by molar-refractivity contribution is 14.0. The van der Waals surface area contributed by atoms with Gasteiger partial charge in [0.25, 0.3) is 0 Å². The van der Waals surface area contributed by atoms with Crippen LogP contribution in [0.15, 0.2) is 29.4 Å². The summed E-state index contributed by atoms with van der Waals surface area (Å²) in [5, 5.41) is 6.40. The molecule has 0 aliphatic heterocycles. The summed E-state index contributed by atoms with van der Waals surface area (Å²) in [5.41, 5.74) is 0.958. The highest BCUT2D eigenvalue weighted by Crippen LogP contribution is 1.95. The Bertz CT molecular complexity index is 346. The van der Waals surface area contributed by atoms with Crippen LogP contribution in [0.5, 0.6) is 0 Å². The van der Waals surface area contributed by atoms with E-state index in [1.165, 1.54) is 0 Å². The third kappa shape index (κ3) is 8.77. The van der Waals surface area contributed by atoms with Crippen molar-refractivity contribution in [3.8, 4) is 0 Å². The molecule has 19 heavy (non-hydrogen) atoms. The third-order valence-electron chi connectivity index (χ3n) is 2.21. The minimum absolute atomic E-state index is 0. The topological polar surface area (TPSA) is 58.5 Å². The second-order valence-corrected chi connectivity index (χ2v) is 3.64. The van der Waals surface area contributed by atoms with Gasteiger partial charge in [-0.25, -0.2) is 4.99 Å². The molecule has 1 rings (SSSR count). The lowest BCUT2D eigenvalue weighted by Crippen LogP contribution is -2.39. The first-order valence-corrected chi connectivity index (χ1v) is 6.36. The van der Waals surface area contributed by atoms with E-state index in [9.17, 15) is 0 Å².